The number of nitrogens with one attached hydrogen (secondary N) is 3. The van der Waals surface area contributed by atoms with Crippen molar-refractivity contribution in [3.8, 4) is 0 Å². The summed E-state index contributed by atoms with van der Waals surface area (Å²) >= 11 is 1.78. The van der Waals surface area contributed by atoms with Crippen molar-refractivity contribution in [1.82, 2.24) is 15.2 Å². The summed E-state index contributed by atoms with van der Waals surface area (Å²) in [5.41, 5.74) is -0.0338. The number of H-pyrrole nitrogens is 1. The van der Waals surface area contributed by atoms with Gasteiger partial charge in [0.05, 0.1) is 0 Å². The molecule has 3 N–H and O–H groups in total. The number of pyridine rings is 1. The van der Waals surface area contributed by atoms with Gasteiger partial charge in [-0.05, 0) is 36.4 Å². The summed E-state index contributed by atoms with van der Waals surface area (Å²) in [6.45, 7) is 2.92. The van der Waals surface area contributed by atoms with Crippen LogP contribution in [0.2, 0.25) is 0 Å². The van der Waals surface area contributed by atoms with E-state index in [2.05, 4.69) is 38.0 Å². The highest BCUT2D eigenvalue weighted by Gasteiger charge is 2.21. The summed E-state index contributed by atoms with van der Waals surface area (Å²) in [7, 11) is 0. The Labute approximate surface area is 138 Å². The van der Waals surface area contributed by atoms with Crippen LogP contribution in [0.15, 0.2) is 40.6 Å². The molecule has 6 nitrogen and oxygen atoms in total. The van der Waals surface area contributed by atoms with Gasteiger partial charge in [-0.1, -0.05) is 6.07 Å². The summed E-state index contributed by atoms with van der Waals surface area (Å²) in [5, 5.41) is 7.64. The van der Waals surface area contributed by atoms with Gasteiger partial charge in [0.15, 0.2) is 0 Å². The fourth-order valence-corrected chi connectivity index (χ4v) is 3.47. The van der Waals surface area contributed by atoms with Gasteiger partial charge < -0.3 is 15.6 Å². The number of nitrogens with zero attached hydrogens (tertiary/aromatic N) is 1. The Hall–Kier alpha value is -2.12. The van der Waals surface area contributed by atoms with Crippen molar-refractivity contribution in [3.05, 3.63) is 51.1 Å². The Morgan fingerprint density at radius 1 is 1.30 bits per heavy atom. The number of hydrogen-bond acceptors (Lipinski definition) is 4. The van der Waals surface area contributed by atoms with E-state index in [-0.39, 0.29) is 23.3 Å². The molecule has 2 aromatic rings. The second-order valence-corrected chi connectivity index (χ2v) is 6.67. The van der Waals surface area contributed by atoms with Gasteiger partial charge in [0.25, 0.3) is 5.56 Å². The molecule has 0 spiro atoms. The fourth-order valence-electron chi connectivity index (χ4n) is 2.72. The van der Waals surface area contributed by atoms with Crippen molar-refractivity contribution in [2.24, 2.45) is 0 Å². The molecule has 3 rings (SSSR count). The van der Waals surface area contributed by atoms with Crippen molar-refractivity contribution in [1.29, 1.82) is 0 Å². The molecule has 0 saturated carbocycles. The lowest BCUT2D eigenvalue weighted by Crippen LogP contribution is -2.46. The summed E-state index contributed by atoms with van der Waals surface area (Å²) < 4.78 is 0. The van der Waals surface area contributed by atoms with Gasteiger partial charge >= 0.3 is 6.03 Å². The normalized spacial score (nSPS) is 16.2. The van der Waals surface area contributed by atoms with Crippen LogP contribution in [0.1, 0.15) is 17.7 Å². The number of amides is 2. The molecular weight excluding hydrogens is 312 g/mol. The average Bonchev–Trinajstić information content (AvgIpc) is 3.04. The molecule has 1 fully saturated rings. The van der Waals surface area contributed by atoms with Crippen molar-refractivity contribution < 1.29 is 4.79 Å². The maximum atomic E-state index is 12.0. The SMILES string of the molecule is O=C(Nc1ccc[nH]c1=O)NC1CCN(Cc2cccs2)CC1. The zero-order chi connectivity index (χ0) is 16.1. The van der Waals surface area contributed by atoms with Gasteiger partial charge in [-0.25, -0.2) is 4.79 Å². The molecule has 0 unspecified atom stereocenters. The number of carbonyl (C=O) groups is 1. The van der Waals surface area contributed by atoms with Crippen molar-refractivity contribution in [2.45, 2.75) is 25.4 Å². The monoisotopic (exact) mass is 332 g/mol. The second-order valence-electron chi connectivity index (χ2n) is 5.64. The van der Waals surface area contributed by atoms with E-state index in [1.807, 2.05) is 0 Å². The lowest BCUT2D eigenvalue weighted by atomic mass is 10.1. The quantitative estimate of drug-likeness (QED) is 0.803. The van der Waals surface area contributed by atoms with E-state index in [0.717, 1.165) is 32.5 Å². The number of urea groups is 1. The van der Waals surface area contributed by atoms with E-state index in [0.29, 0.717) is 0 Å². The molecule has 1 aliphatic rings. The number of piperidine rings is 1. The van der Waals surface area contributed by atoms with E-state index in [1.165, 1.54) is 11.1 Å². The number of rotatable bonds is 4. The van der Waals surface area contributed by atoms with Crippen molar-refractivity contribution in [3.63, 3.8) is 0 Å². The molecule has 2 amide bonds. The molecule has 7 heteroatoms. The molecule has 0 bridgehead atoms. The predicted octanol–water partition coefficient (Wildman–Crippen LogP) is 2.22. The Balaban J connectivity index is 1.44. The standard InChI is InChI=1S/C16H20N4O2S/c21-15-14(4-1-7-17-15)19-16(22)18-12-5-8-20(9-6-12)11-13-3-2-10-23-13/h1-4,7,10,12H,5-6,8-9,11H2,(H,17,21)(H2,18,19,22). The minimum Gasteiger partial charge on any atom is -0.335 e. The first kappa shape index (κ1) is 15.8. The largest absolute Gasteiger partial charge is 0.335 e. The van der Waals surface area contributed by atoms with Gasteiger partial charge in [-0.15, -0.1) is 11.3 Å². The van der Waals surface area contributed by atoms with Gasteiger partial charge in [0, 0.05) is 36.8 Å². The molecule has 0 aliphatic carbocycles. The zero-order valence-corrected chi connectivity index (χ0v) is 13.6. The summed E-state index contributed by atoms with van der Waals surface area (Å²) in [6, 6.07) is 7.32. The Morgan fingerprint density at radius 2 is 2.13 bits per heavy atom. The first-order valence-corrected chi connectivity index (χ1v) is 8.58. The third-order valence-corrected chi connectivity index (χ3v) is 4.81. The molecule has 0 aromatic carbocycles. The van der Waals surface area contributed by atoms with Crippen molar-refractivity contribution in [2.75, 3.05) is 18.4 Å². The lowest BCUT2D eigenvalue weighted by molar-refractivity contribution is 0.191. The van der Waals surface area contributed by atoms with Crippen LogP contribution in [0.25, 0.3) is 0 Å². The first-order valence-electron chi connectivity index (χ1n) is 7.70. The Bertz CT molecular complexity index is 690. The van der Waals surface area contributed by atoms with E-state index >= 15 is 0 Å². The summed E-state index contributed by atoms with van der Waals surface area (Å²) in [6.07, 6.45) is 3.38. The number of thiophene rings is 1. The summed E-state index contributed by atoms with van der Waals surface area (Å²) in [5.74, 6) is 0. The van der Waals surface area contributed by atoms with Gasteiger partial charge in [-0.2, -0.15) is 0 Å². The van der Waals surface area contributed by atoms with Crippen LogP contribution in [-0.4, -0.2) is 35.0 Å². The maximum Gasteiger partial charge on any atom is 0.319 e. The molecule has 1 saturated heterocycles. The topological polar surface area (TPSA) is 77.2 Å². The first-order chi connectivity index (χ1) is 11.2. The Morgan fingerprint density at radius 3 is 2.83 bits per heavy atom. The van der Waals surface area contributed by atoms with Gasteiger partial charge in [-0.3, -0.25) is 9.69 Å². The van der Waals surface area contributed by atoms with Gasteiger partial charge in [0.2, 0.25) is 0 Å². The third-order valence-electron chi connectivity index (χ3n) is 3.95. The molecule has 23 heavy (non-hydrogen) atoms. The number of aromatic nitrogens is 1. The van der Waals surface area contributed by atoms with Crippen LogP contribution in [-0.2, 0) is 6.54 Å². The minimum absolute atomic E-state index is 0.150. The van der Waals surface area contributed by atoms with E-state index in [1.54, 1.807) is 23.5 Å². The molecule has 122 valence electrons. The fraction of sp³-hybridized carbons (Fsp3) is 0.375. The lowest BCUT2D eigenvalue weighted by Gasteiger charge is -2.32. The minimum atomic E-state index is -0.321. The van der Waals surface area contributed by atoms with Crippen LogP contribution in [0.5, 0.6) is 0 Å². The highest BCUT2D eigenvalue weighted by molar-refractivity contribution is 7.09. The highest BCUT2D eigenvalue weighted by atomic mass is 32.1. The Kier molecular flexibility index (Phi) is 5.09. The smallest absolute Gasteiger partial charge is 0.319 e. The molecule has 0 atom stereocenters. The highest BCUT2D eigenvalue weighted by Crippen LogP contribution is 2.16. The number of carbonyl (C=O) groups excluding carboxylic acids is 1. The molecule has 0 radical (unpaired) electrons. The number of anilines is 1. The van der Waals surface area contributed by atoms with Crippen LogP contribution in [0, 0.1) is 0 Å². The number of likely N-dealkylation sites (tertiary alicyclic amines) is 1. The average molecular weight is 332 g/mol. The maximum absolute atomic E-state index is 12.0. The van der Waals surface area contributed by atoms with Crippen LogP contribution >= 0.6 is 11.3 Å². The predicted molar refractivity (Wildman–Crippen MR) is 91.8 cm³/mol. The number of aromatic amines is 1. The third kappa shape index (κ3) is 4.43. The molecule has 3 heterocycles. The van der Waals surface area contributed by atoms with Crippen LogP contribution in [0.4, 0.5) is 10.5 Å². The molecule has 2 aromatic heterocycles. The molecule has 1 aliphatic heterocycles. The van der Waals surface area contributed by atoms with Crippen LogP contribution < -0.4 is 16.2 Å². The van der Waals surface area contributed by atoms with E-state index in [9.17, 15) is 9.59 Å². The summed E-state index contributed by atoms with van der Waals surface area (Å²) in [4.78, 5) is 29.8. The molecular formula is C16H20N4O2S. The van der Waals surface area contributed by atoms with Crippen LogP contribution in [0.3, 0.4) is 0 Å². The van der Waals surface area contributed by atoms with Crippen molar-refractivity contribution >= 4 is 23.1 Å². The second kappa shape index (κ2) is 7.43. The van der Waals surface area contributed by atoms with E-state index < -0.39 is 0 Å². The van der Waals surface area contributed by atoms with E-state index in [4.69, 9.17) is 0 Å². The van der Waals surface area contributed by atoms with Gasteiger partial charge in [0.1, 0.15) is 5.69 Å². The zero-order valence-electron chi connectivity index (χ0n) is 12.7. The number of hydrogen-bond donors (Lipinski definition) is 3.